The molecule has 2 aromatic rings. The first-order valence-electron chi connectivity index (χ1n) is 10.1. The maximum Gasteiger partial charge on any atom is 0.335 e. The number of sulfonamides is 1. The number of rotatable bonds is 8. The van der Waals surface area contributed by atoms with Crippen LogP contribution in [0.4, 0.5) is 0 Å². The number of aromatic carboxylic acids is 1. The molecule has 31 heavy (non-hydrogen) atoms. The number of carbonyl (C=O) groups is 2. The lowest BCUT2D eigenvalue weighted by molar-refractivity contribution is -0.121. The molecule has 8 nitrogen and oxygen atoms in total. The second kappa shape index (κ2) is 10.3. The van der Waals surface area contributed by atoms with Gasteiger partial charge in [0.15, 0.2) is 0 Å². The number of amides is 1. The second-order valence-electron chi connectivity index (χ2n) is 7.38. The SMILES string of the molecule is O=C(CN(C1CCCCC1)S(=O)(=O)c1ccccc1)N/N=C/c1ccc(C(=O)O)cc1. The Hall–Kier alpha value is -3.04. The molecule has 0 aromatic heterocycles. The average molecular weight is 444 g/mol. The van der Waals surface area contributed by atoms with E-state index in [0.717, 1.165) is 32.1 Å². The molecule has 3 rings (SSSR count). The predicted octanol–water partition coefficient (Wildman–Crippen LogP) is 2.86. The Kier molecular flexibility index (Phi) is 7.54. The van der Waals surface area contributed by atoms with Gasteiger partial charge in [0.05, 0.1) is 23.2 Å². The van der Waals surface area contributed by atoms with E-state index in [9.17, 15) is 18.0 Å². The third-order valence-corrected chi connectivity index (χ3v) is 7.10. The van der Waals surface area contributed by atoms with Gasteiger partial charge < -0.3 is 5.11 Å². The zero-order valence-corrected chi connectivity index (χ0v) is 17.8. The quantitative estimate of drug-likeness (QED) is 0.481. The Labute approximate surface area is 181 Å². The molecule has 0 spiro atoms. The van der Waals surface area contributed by atoms with Gasteiger partial charge in [-0.15, -0.1) is 0 Å². The summed E-state index contributed by atoms with van der Waals surface area (Å²) in [4.78, 5) is 23.5. The van der Waals surface area contributed by atoms with Crippen LogP contribution in [0.5, 0.6) is 0 Å². The summed E-state index contributed by atoms with van der Waals surface area (Å²) in [5.74, 6) is -1.57. The topological polar surface area (TPSA) is 116 Å². The Bertz CT molecular complexity index is 1030. The van der Waals surface area contributed by atoms with E-state index in [4.69, 9.17) is 5.11 Å². The molecule has 0 heterocycles. The van der Waals surface area contributed by atoms with Gasteiger partial charge in [-0.1, -0.05) is 49.6 Å². The lowest BCUT2D eigenvalue weighted by Crippen LogP contribution is -2.46. The van der Waals surface area contributed by atoms with E-state index in [-0.39, 0.29) is 23.0 Å². The van der Waals surface area contributed by atoms with Crippen molar-refractivity contribution in [1.29, 1.82) is 0 Å². The molecule has 0 radical (unpaired) electrons. The molecule has 164 valence electrons. The van der Waals surface area contributed by atoms with E-state index >= 15 is 0 Å². The van der Waals surface area contributed by atoms with Gasteiger partial charge in [-0.3, -0.25) is 4.79 Å². The first-order chi connectivity index (χ1) is 14.9. The van der Waals surface area contributed by atoms with Gasteiger partial charge in [0.25, 0.3) is 5.91 Å². The Balaban J connectivity index is 1.70. The zero-order valence-electron chi connectivity index (χ0n) is 17.0. The summed E-state index contributed by atoms with van der Waals surface area (Å²) in [6, 6.07) is 13.9. The van der Waals surface area contributed by atoms with Crippen molar-refractivity contribution in [3.63, 3.8) is 0 Å². The standard InChI is InChI=1S/C22H25N3O5S/c26-21(24-23-15-17-11-13-18(14-12-17)22(27)28)16-25(19-7-3-1-4-8-19)31(29,30)20-9-5-2-6-10-20/h2,5-6,9-15,19H,1,3-4,7-8,16H2,(H,24,26)(H,27,28)/b23-15+. The number of nitrogens with one attached hydrogen (secondary N) is 1. The largest absolute Gasteiger partial charge is 0.478 e. The normalized spacial score (nSPS) is 15.3. The van der Waals surface area contributed by atoms with Crippen molar-refractivity contribution in [2.75, 3.05) is 6.54 Å². The molecule has 0 bridgehead atoms. The van der Waals surface area contributed by atoms with Crippen LogP contribution in [0.2, 0.25) is 0 Å². The van der Waals surface area contributed by atoms with Crippen molar-refractivity contribution in [3.05, 3.63) is 65.7 Å². The molecule has 1 aliphatic rings. The van der Waals surface area contributed by atoms with Crippen molar-refractivity contribution < 1.29 is 23.1 Å². The summed E-state index contributed by atoms with van der Waals surface area (Å²) in [6.07, 6.45) is 5.74. The fourth-order valence-corrected chi connectivity index (χ4v) is 5.24. The third-order valence-electron chi connectivity index (χ3n) is 5.19. The van der Waals surface area contributed by atoms with Gasteiger partial charge >= 0.3 is 5.97 Å². The van der Waals surface area contributed by atoms with Crippen LogP contribution in [-0.2, 0) is 14.8 Å². The highest BCUT2D eigenvalue weighted by atomic mass is 32.2. The minimum absolute atomic E-state index is 0.149. The van der Waals surface area contributed by atoms with Crippen molar-refractivity contribution >= 4 is 28.1 Å². The smallest absolute Gasteiger partial charge is 0.335 e. The fraction of sp³-hybridized carbons (Fsp3) is 0.318. The maximum atomic E-state index is 13.2. The fourth-order valence-electron chi connectivity index (χ4n) is 3.57. The molecule has 0 aliphatic heterocycles. The number of hydrazone groups is 1. The van der Waals surface area contributed by atoms with Crippen LogP contribution < -0.4 is 5.43 Å². The Morgan fingerprint density at radius 2 is 1.68 bits per heavy atom. The van der Waals surface area contributed by atoms with E-state index < -0.39 is 21.9 Å². The van der Waals surface area contributed by atoms with Crippen molar-refractivity contribution in [2.45, 2.75) is 43.0 Å². The van der Waals surface area contributed by atoms with Crippen LogP contribution in [0.3, 0.4) is 0 Å². The number of hydrogen-bond donors (Lipinski definition) is 2. The molecule has 0 atom stereocenters. The minimum Gasteiger partial charge on any atom is -0.478 e. The number of carboxylic acids is 1. The summed E-state index contributed by atoms with van der Waals surface area (Å²) in [5.41, 5.74) is 3.12. The highest BCUT2D eigenvalue weighted by Crippen LogP contribution is 2.27. The highest BCUT2D eigenvalue weighted by Gasteiger charge is 2.33. The van der Waals surface area contributed by atoms with Gasteiger partial charge in [0.2, 0.25) is 10.0 Å². The predicted molar refractivity (Wildman–Crippen MR) is 116 cm³/mol. The molecular weight excluding hydrogens is 418 g/mol. The van der Waals surface area contributed by atoms with Gasteiger partial charge in [0, 0.05) is 6.04 Å². The van der Waals surface area contributed by atoms with Crippen LogP contribution in [-0.4, -0.2) is 48.5 Å². The van der Waals surface area contributed by atoms with Gasteiger partial charge in [-0.2, -0.15) is 9.41 Å². The molecule has 1 amide bonds. The number of carbonyl (C=O) groups excluding carboxylic acids is 1. The summed E-state index contributed by atoms with van der Waals surface area (Å²) in [5, 5.41) is 12.8. The molecule has 0 unspecified atom stereocenters. The van der Waals surface area contributed by atoms with Crippen LogP contribution in [0, 0.1) is 0 Å². The second-order valence-corrected chi connectivity index (χ2v) is 9.27. The molecule has 9 heteroatoms. The molecule has 1 saturated carbocycles. The molecule has 2 aromatic carbocycles. The maximum absolute atomic E-state index is 13.2. The van der Waals surface area contributed by atoms with Gasteiger partial charge in [-0.25, -0.2) is 18.6 Å². The van der Waals surface area contributed by atoms with Gasteiger partial charge in [-0.05, 0) is 42.7 Å². The zero-order chi connectivity index (χ0) is 22.3. The first-order valence-corrected chi connectivity index (χ1v) is 11.5. The number of hydrogen-bond acceptors (Lipinski definition) is 5. The van der Waals surface area contributed by atoms with Crippen molar-refractivity contribution in [1.82, 2.24) is 9.73 Å². The van der Waals surface area contributed by atoms with E-state index in [0.29, 0.717) is 5.56 Å². The van der Waals surface area contributed by atoms with E-state index in [1.807, 2.05) is 0 Å². The lowest BCUT2D eigenvalue weighted by Gasteiger charge is -2.32. The molecule has 0 saturated heterocycles. The highest BCUT2D eigenvalue weighted by molar-refractivity contribution is 7.89. The first kappa shape index (κ1) is 22.6. The third kappa shape index (κ3) is 5.99. The summed E-state index contributed by atoms with van der Waals surface area (Å²) >= 11 is 0. The lowest BCUT2D eigenvalue weighted by atomic mass is 9.95. The Morgan fingerprint density at radius 3 is 2.29 bits per heavy atom. The molecular formula is C22H25N3O5S. The van der Waals surface area contributed by atoms with Crippen molar-refractivity contribution in [2.24, 2.45) is 5.10 Å². The summed E-state index contributed by atoms with van der Waals surface area (Å²) < 4.78 is 27.7. The van der Waals surface area contributed by atoms with Gasteiger partial charge in [0.1, 0.15) is 0 Å². The Morgan fingerprint density at radius 1 is 1.03 bits per heavy atom. The van der Waals surface area contributed by atoms with Crippen LogP contribution >= 0.6 is 0 Å². The summed E-state index contributed by atoms with van der Waals surface area (Å²) in [7, 11) is -3.82. The van der Waals surface area contributed by atoms with E-state index in [1.54, 1.807) is 30.3 Å². The number of carboxylic acid groups (broad SMARTS) is 1. The number of nitrogens with zero attached hydrogens (tertiary/aromatic N) is 2. The van der Waals surface area contributed by atoms with E-state index in [2.05, 4.69) is 10.5 Å². The van der Waals surface area contributed by atoms with E-state index in [1.165, 1.54) is 34.8 Å². The molecule has 1 aliphatic carbocycles. The van der Waals surface area contributed by atoms with Crippen LogP contribution in [0.15, 0.2) is 64.6 Å². The van der Waals surface area contributed by atoms with Crippen LogP contribution in [0.25, 0.3) is 0 Å². The molecule has 2 N–H and O–H groups in total. The molecule has 1 fully saturated rings. The number of benzene rings is 2. The average Bonchev–Trinajstić information content (AvgIpc) is 2.79. The van der Waals surface area contributed by atoms with Crippen LogP contribution in [0.1, 0.15) is 48.0 Å². The van der Waals surface area contributed by atoms with Crippen molar-refractivity contribution in [3.8, 4) is 0 Å². The summed E-state index contributed by atoms with van der Waals surface area (Å²) in [6.45, 7) is -0.322. The monoisotopic (exact) mass is 443 g/mol. The minimum atomic E-state index is -3.82.